The van der Waals surface area contributed by atoms with Crippen molar-refractivity contribution in [1.82, 2.24) is 0 Å². The second-order valence-corrected chi connectivity index (χ2v) is 6.82. The van der Waals surface area contributed by atoms with E-state index in [1.54, 1.807) is 12.1 Å². The highest BCUT2D eigenvalue weighted by Gasteiger charge is 2.20. The van der Waals surface area contributed by atoms with Crippen LogP contribution in [0.5, 0.6) is 0 Å². The van der Waals surface area contributed by atoms with E-state index in [4.69, 9.17) is 23.2 Å². The highest BCUT2D eigenvalue weighted by atomic mass is 35.5. The Morgan fingerprint density at radius 3 is 2.38 bits per heavy atom. The Kier molecular flexibility index (Phi) is 5.57. The number of aryl methyl sites for hydroxylation is 1. The van der Waals surface area contributed by atoms with Crippen LogP contribution in [0, 0.1) is 6.92 Å². The normalized spacial score (nSPS) is 12.1. The molecule has 0 aliphatic rings. The maximum absolute atomic E-state index is 11.5. The average Bonchev–Trinajstić information content (AvgIpc) is 2.44. The highest BCUT2D eigenvalue weighted by molar-refractivity contribution is 8.00. The first-order valence-corrected chi connectivity index (χ1v) is 7.99. The number of halogens is 2. The lowest BCUT2D eigenvalue weighted by Gasteiger charge is -2.14. The Labute approximate surface area is 138 Å². The molecule has 5 heteroatoms. The van der Waals surface area contributed by atoms with Gasteiger partial charge in [-0.2, -0.15) is 0 Å². The number of hydrogen-bond donors (Lipinski definition) is 1. The van der Waals surface area contributed by atoms with E-state index in [0.717, 1.165) is 16.0 Å². The fraction of sp³-hybridized carbons (Fsp3) is 0.188. The molecule has 110 valence electrons. The topological polar surface area (TPSA) is 37.3 Å². The van der Waals surface area contributed by atoms with Gasteiger partial charge in [0.05, 0.1) is 0 Å². The molecule has 21 heavy (non-hydrogen) atoms. The third-order valence-electron chi connectivity index (χ3n) is 3.08. The molecular weight excluding hydrogens is 327 g/mol. The van der Waals surface area contributed by atoms with Gasteiger partial charge in [-0.1, -0.05) is 29.3 Å². The smallest absolute Gasteiger partial charge is 0.317 e. The fourth-order valence-electron chi connectivity index (χ4n) is 1.92. The van der Waals surface area contributed by atoms with Crippen molar-refractivity contribution in [2.75, 3.05) is 0 Å². The van der Waals surface area contributed by atoms with Gasteiger partial charge in [0.2, 0.25) is 0 Å². The van der Waals surface area contributed by atoms with Crippen molar-refractivity contribution in [2.45, 2.75) is 23.5 Å². The molecule has 1 atom stereocenters. The number of carboxylic acid groups (broad SMARTS) is 1. The van der Waals surface area contributed by atoms with Crippen LogP contribution in [0.4, 0.5) is 0 Å². The van der Waals surface area contributed by atoms with Crippen molar-refractivity contribution in [1.29, 1.82) is 0 Å². The summed E-state index contributed by atoms with van der Waals surface area (Å²) < 4.78 is 0. The Bertz CT molecular complexity index is 641. The van der Waals surface area contributed by atoms with Crippen molar-refractivity contribution < 1.29 is 9.90 Å². The number of benzene rings is 2. The number of carbonyl (C=O) groups is 1. The summed E-state index contributed by atoms with van der Waals surface area (Å²) >= 11 is 13.1. The van der Waals surface area contributed by atoms with Crippen LogP contribution in [0.25, 0.3) is 0 Å². The maximum atomic E-state index is 11.5. The van der Waals surface area contributed by atoms with Gasteiger partial charge in [-0.3, -0.25) is 4.79 Å². The molecule has 0 bridgehead atoms. The molecule has 0 aliphatic carbocycles. The summed E-state index contributed by atoms with van der Waals surface area (Å²) in [5.41, 5.74) is 2.00. The first kappa shape index (κ1) is 16.2. The number of thioether (sulfide) groups is 1. The minimum Gasteiger partial charge on any atom is -0.480 e. The SMILES string of the molecule is Cc1ccc(Cl)cc1CC(Sc1ccc(Cl)cc1)C(=O)O. The van der Waals surface area contributed by atoms with Crippen molar-refractivity contribution in [3.8, 4) is 0 Å². The van der Waals surface area contributed by atoms with Gasteiger partial charge in [0.1, 0.15) is 5.25 Å². The highest BCUT2D eigenvalue weighted by Crippen LogP contribution is 2.28. The van der Waals surface area contributed by atoms with Gasteiger partial charge in [0.25, 0.3) is 0 Å². The summed E-state index contributed by atoms with van der Waals surface area (Å²) in [4.78, 5) is 12.4. The number of rotatable bonds is 5. The van der Waals surface area contributed by atoms with Gasteiger partial charge in [0.15, 0.2) is 0 Å². The molecule has 2 nitrogen and oxygen atoms in total. The second kappa shape index (κ2) is 7.21. The van der Waals surface area contributed by atoms with E-state index in [1.165, 1.54) is 11.8 Å². The summed E-state index contributed by atoms with van der Waals surface area (Å²) in [6, 6.07) is 12.7. The van der Waals surface area contributed by atoms with Crippen LogP contribution in [0.3, 0.4) is 0 Å². The van der Waals surface area contributed by atoms with E-state index in [0.29, 0.717) is 16.5 Å². The van der Waals surface area contributed by atoms with Crippen LogP contribution in [-0.2, 0) is 11.2 Å². The zero-order chi connectivity index (χ0) is 15.4. The van der Waals surface area contributed by atoms with Gasteiger partial charge in [-0.05, 0) is 60.9 Å². The molecule has 0 aliphatic heterocycles. The summed E-state index contributed by atoms with van der Waals surface area (Å²) in [6.45, 7) is 1.96. The average molecular weight is 341 g/mol. The van der Waals surface area contributed by atoms with Gasteiger partial charge in [-0.15, -0.1) is 11.8 Å². The van der Waals surface area contributed by atoms with Crippen LogP contribution in [0.1, 0.15) is 11.1 Å². The Balaban J connectivity index is 2.17. The predicted octanol–water partition coefficient (Wildman–Crippen LogP) is 5.09. The molecule has 0 amide bonds. The lowest BCUT2D eigenvalue weighted by atomic mass is 10.0. The Morgan fingerprint density at radius 1 is 1.14 bits per heavy atom. The fourth-order valence-corrected chi connectivity index (χ4v) is 3.22. The second-order valence-electron chi connectivity index (χ2n) is 4.67. The molecule has 0 heterocycles. The molecular formula is C16H14Cl2O2S. The maximum Gasteiger partial charge on any atom is 0.317 e. The molecule has 2 aromatic rings. The quantitative estimate of drug-likeness (QED) is 0.770. The van der Waals surface area contributed by atoms with E-state index < -0.39 is 11.2 Å². The summed E-state index contributed by atoms with van der Waals surface area (Å²) in [5, 5.41) is 10.1. The zero-order valence-corrected chi connectivity index (χ0v) is 13.7. The molecule has 0 saturated carbocycles. The van der Waals surface area contributed by atoms with E-state index in [9.17, 15) is 9.90 Å². The van der Waals surface area contributed by atoms with Crippen LogP contribution >= 0.6 is 35.0 Å². The minimum absolute atomic E-state index is 0.426. The van der Waals surface area contributed by atoms with Gasteiger partial charge in [0, 0.05) is 14.9 Å². The van der Waals surface area contributed by atoms with Crippen molar-refractivity contribution in [3.05, 3.63) is 63.6 Å². The van der Waals surface area contributed by atoms with Crippen molar-refractivity contribution in [2.24, 2.45) is 0 Å². The van der Waals surface area contributed by atoms with Gasteiger partial charge >= 0.3 is 5.97 Å². The third kappa shape index (κ3) is 4.67. The van der Waals surface area contributed by atoms with Crippen LogP contribution in [0.2, 0.25) is 10.0 Å². The molecule has 0 spiro atoms. The zero-order valence-electron chi connectivity index (χ0n) is 11.3. The number of aliphatic carboxylic acids is 1. The largest absolute Gasteiger partial charge is 0.480 e. The van der Waals surface area contributed by atoms with E-state index >= 15 is 0 Å². The number of hydrogen-bond acceptors (Lipinski definition) is 2. The molecule has 0 fully saturated rings. The van der Waals surface area contributed by atoms with Crippen LogP contribution < -0.4 is 0 Å². The van der Waals surface area contributed by atoms with Gasteiger partial charge < -0.3 is 5.11 Å². The Hall–Kier alpha value is -1.16. The Morgan fingerprint density at radius 2 is 1.76 bits per heavy atom. The van der Waals surface area contributed by atoms with E-state index in [1.807, 2.05) is 37.3 Å². The monoisotopic (exact) mass is 340 g/mol. The first-order chi connectivity index (χ1) is 9.95. The summed E-state index contributed by atoms with van der Waals surface area (Å²) in [7, 11) is 0. The summed E-state index contributed by atoms with van der Waals surface area (Å²) in [5.74, 6) is -0.839. The van der Waals surface area contributed by atoms with Crippen molar-refractivity contribution >= 4 is 40.9 Å². The lowest BCUT2D eigenvalue weighted by molar-refractivity contribution is -0.136. The third-order valence-corrected chi connectivity index (χ3v) is 4.77. The molecule has 2 rings (SSSR count). The molecule has 1 N–H and O–H groups in total. The first-order valence-electron chi connectivity index (χ1n) is 6.36. The number of carboxylic acids is 1. The van der Waals surface area contributed by atoms with Crippen LogP contribution in [-0.4, -0.2) is 16.3 Å². The van der Waals surface area contributed by atoms with Crippen molar-refractivity contribution in [3.63, 3.8) is 0 Å². The van der Waals surface area contributed by atoms with Gasteiger partial charge in [-0.25, -0.2) is 0 Å². The minimum atomic E-state index is -0.839. The molecule has 0 saturated heterocycles. The standard InChI is InChI=1S/C16H14Cl2O2S/c1-10-2-3-13(18)8-11(10)9-15(16(19)20)21-14-6-4-12(17)5-7-14/h2-8,15H,9H2,1H3,(H,19,20). The molecule has 0 aromatic heterocycles. The molecule has 1 unspecified atom stereocenters. The molecule has 2 aromatic carbocycles. The van der Waals surface area contributed by atoms with Crippen LogP contribution in [0.15, 0.2) is 47.4 Å². The lowest BCUT2D eigenvalue weighted by Crippen LogP contribution is -2.19. The van der Waals surface area contributed by atoms with E-state index in [-0.39, 0.29) is 0 Å². The predicted molar refractivity (Wildman–Crippen MR) is 88.6 cm³/mol. The summed E-state index contributed by atoms with van der Waals surface area (Å²) in [6.07, 6.45) is 0.426. The van der Waals surface area contributed by atoms with E-state index in [2.05, 4.69) is 0 Å². The molecule has 0 radical (unpaired) electrons.